The van der Waals surface area contributed by atoms with Crippen molar-refractivity contribution in [3.05, 3.63) is 59.7 Å². The minimum Gasteiger partial charge on any atom is -0.480 e. The molecule has 1 aliphatic rings. The number of ether oxygens (including phenoxy) is 1. The Balaban J connectivity index is 1.69. The van der Waals surface area contributed by atoms with Crippen LogP contribution < -0.4 is 11.1 Å². The number of hydrogen-bond donors (Lipinski definition) is 3. The second kappa shape index (κ2) is 6.94. The number of alkyl carbamates (subject to hydrolysis) is 1. The molecule has 0 radical (unpaired) electrons. The number of hydrogen-bond acceptors (Lipinski definition) is 4. The summed E-state index contributed by atoms with van der Waals surface area (Å²) in [7, 11) is 0. The largest absolute Gasteiger partial charge is 0.480 e. The van der Waals surface area contributed by atoms with Gasteiger partial charge in [0.25, 0.3) is 0 Å². The molecule has 0 spiro atoms. The average Bonchev–Trinajstić information content (AvgIpc) is 2.93. The lowest BCUT2D eigenvalue weighted by Gasteiger charge is -2.19. The molecule has 0 unspecified atom stereocenters. The van der Waals surface area contributed by atoms with Crippen LogP contribution in [-0.2, 0) is 9.53 Å². The number of nitrogens with two attached hydrogens (primary N) is 1. The van der Waals surface area contributed by atoms with E-state index in [-0.39, 0.29) is 12.5 Å². The molecule has 0 heterocycles. The van der Waals surface area contributed by atoms with Crippen molar-refractivity contribution in [1.29, 1.82) is 0 Å². The lowest BCUT2D eigenvalue weighted by Crippen LogP contribution is -2.50. The second-order valence-electron chi connectivity index (χ2n) is 6.12. The van der Waals surface area contributed by atoms with E-state index in [4.69, 9.17) is 15.6 Å². The molecule has 2 aromatic rings. The maximum atomic E-state index is 12.0. The van der Waals surface area contributed by atoms with Crippen molar-refractivity contribution in [3.63, 3.8) is 0 Å². The molecule has 1 aliphatic carbocycles. The Morgan fingerprint density at radius 2 is 1.64 bits per heavy atom. The minimum absolute atomic E-state index is 0.0402. The number of carbonyl (C=O) groups is 2. The monoisotopic (exact) mass is 340 g/mol. The third-order valence-electron chi connectivity index (χ3n) is 4.51. The Hall–Kier alpha value is -2.86. The fourth-order valence-electron chi connectivity index (χ4n) is 3.13. The summed E-state index contributed by atoms with van der Waals surface area (Å²) in [5.41, 5.74) is 10.0. The van der Waals surface area contributed by atoms with Crippen LogP contribution in [0.25, 0.3) is 11.1 Å². The molecule has 2 atom stereocenters. The van der Waals surface area contributed by atoms with Gasteiger partial charge in [0.2, 0.25) is 0 Å². The normalized spacial score (nSPS) is 15.0. The predicted molar refractivity (Wildman–Crippen MR) is 93.3 cm³/mol. The summed E-state index contributed by atoms with van der Waals surface area (Å²) in [5, 5.41) is 11.3. The van der Waals surface area contributed by atoms with Crippen molar-refractivity contribution in [2.75, 3.05) is 6.61 Å². The van der Waals surface area contributed by atoms with E-state index in [0.717, 1.165) is 22.3 Å². The second-order valence-corrected chi connectivity index (χ2v) is 6.12. The summed E-state index contributed by atoms with van der Waals surface area (Å²) in [6, 6.07) is 14.2. The summed E-state index contributed by atoms with van der Waals surface area (Å²) >= 11 is 0. The Kier molecular flexibility index (Phi) is 4.72. The number of amides is 1. The molecule has 4 N–H and O–H groups in total. The van der Waals surface area contributed by atoms with Gasteiger partial charge in [0, 0.05) is 5.92 Å². The highest BCUT2D eigenvalue weighted by molar-refractivity contribution is 5.79. The first-order chi connectivity index (χ1) is 12.0. The first-order valence-corrected chi connectivity index (χ1v) is 8.09. The summed E-state index contributed by atoms with van der Waals surface area (Å²) in [6.07, 6.45) is -0.675. The van der Waals surface area contributed by atoms with Crippen molar-refractivity contribution >= 4 is 12.1 Å². The van der Waals surface area contributed by atoms with Gasteiger partial charge in [-0.25, -0.2) is 4.79 Å². The summed E-state index contributed by atoms with van der Waals surface area (Å²) in [5.74, 6) is -1.21. The van der Waals surface area contributed by atoms with E-state index < -0.39 is 24.1 Å². The highest BCUT2D eigenvalue weighted by Gasteiger charge is 2.29. The number of carboxylic acids is 1. The molecule has 0 bridgehead atoms. The fourth-order valence-corrected chi connectivity index (χ4v) is 3.13. The van der Waals surface area contributed by atoms with Crippen LogP contribution in [0, 0.1) is 0 Å². The molecular weight excluding hydrogens is 320 g/mol. The lowest BCUT2D eigenvalue weighted by molar-refractivity contribution is -0.139. The quantitative estimate of drug-likeness (QED) is 0.775. The topological polar surface area (TPSA) is 102 Å². The Labute approximate surface area is 145 Å². The van der Waals surface area contributed by atoms with Crippen molar-refractivity contribution in [2.45, 2.75) is 24.9 Å². The molecule has 3 rings (SSSR count). The molecule has 1 amide bonds. The van der Waals surface area contributed by atoms with Crippen LogP contribution in [-0.4, -0.2) is 35.9 Å². The van der Waals surface area contributed by atoms with Crippen molar-refractivity contribution < 1.29 is 19.4 Å². The molecule has 25 heavy (non-hydrogen) atoms. The summed E-state index contributed by atoms with van der Waals surface area (Å²) < 4.78 is 5.34. The molecule has 0 aliphatic heterocycles. The molecular formula is C19H20N2O4. The Morgan fingerprint density at radius 1 is 1.12 bits per heavy atom. The maximum Gasteiger partial charge on any atom is 0.407 e. The van der Waals surface area contributed by atoms with E-state index in [2.05, 4.69) is 17.4 Å². The van der Waals surface area contributed by atoms with Crippen LogP contribution in [0.4, 0.5) is 4.79 Å². The number of aliphatic carboxylic acids is 1. The zero-order valence-corrected chi connectivity index (χ0v) is 13.8. The van der Waals surface area contributed by atoms with Gasteiger partial charge in [-0.15, -0.1) is 0 Å². The number of carbonyl (C=O) groups excluding carboxylic acids is 1. The summed E-state index contributed by atoms with van der Waals surface area (Å²) in [4.78, 5) is 22.8. The number of benzene rings is 2. The zero-order chi connectivity index (χ0) is 18.0. The standard InChI is InChI=1S/C19H20N2O4/c1-11(17(20)18(22)23)21-19(24)25-10-16-14-8-4-2-6-12(14)13-7-3-5-9-15(13)16/h2-9,11,16-17H,10,20H2,1H3,(H,21,24)(H,22,23)/t11-,17+/m1/s1. The number of rotatable bonds is 5. The van der Waals surface area contributed by atoms with E-state index in [0.29, 0.717) is 0 Å². The molecule has 0 saturated heterocycles. The summed E-state index contributed by atoms with van der Waals surface area (Å²) in [6.45, 7) is 1.70. The van der Waals surface area contributed by atoms with Gasteiger partial charge in [0.15, 0.2) is 0 Å². The van der Waals surface area contributed by atoms with Crippen LogP contribution in [0.1, 0.15) is 24.0 Å². The van der Waals surface area contributed by atoms with Gasteiger partial charge in [-0.05, 0) is 29.2 Å². The third kappa shape index (κ3) is 3.34. The van der Waals surface area contributed by atoms with Crippen LogP contribution in [0.2, 0.25) is 0 Å². The highest BCUT2D eigenvalue weighted by Crippen LogP contribution is 2.44. The molecule has 6 heteroatoms. The smallest absolute Gasteiger partial charge is 0.407 e. The van der Waals surface area contributed by atoms with Gasteiger partial charge < -0.3 is 20.9 Å². The van der Waals surface area contributed by atoms with Gasteiger partial charge in [-0.2, -0.15) is 0 Å². The molecule has 0 fully saturated rings. The van der Waals surface area contributed by atoms with Gasteiger partial charge in [-0.3, -0.25) is 4.79 Å². The minimum atomic E-state index is -1.18. The molecule has 130 valence electrons. The van der Waals surface area contributed by atoms with Crippen LogP contribution in [0.5, 0.6) is 0 Å². The first-order valence-electron chi connectivity index (χ1n) is 8.09. The third-order valence-corrected chi connectivity index (χ3v) is 4.51. The average molecular weight is 340 g/mol. The van der Waals surface area contributed by atoms with Crippen LogP contribution in [0.3, 0.4) is 0 Å². The molecule has 2 aromatic carbocycles. The molecule has 0 aromatic heterocycles. The van der Waals surface area contributed by atoms with Crippen molar-refractivity contribution in [1.82, 2.24) is 5.32 Å². The van der Waals surface area contributed by atoms with Crippen LogP contribution >= 0.6 is 0 Å². The Morgan fingerprint density at radius 3 is 2.16 bits per heavy atom. The number of nitrogens with one attached hydrogen (secondary N) is 1. The van der Waals surface area contributed by atoms with E-state index >= 15 is 0 Å². The predicted octanol–water partition coefficient (Wildman–Crippen LogP) is 2.33. The first kappa shape index (κ1) is 17.0. The van der Waals surface area contributed by atoms with Crippen molar-refractivity contribution in [3.8, 4) is 11.1 Å². The number of carboxylic acid groups (broad SMARTS) is 1. The maximum absolute atomic E-state index is 12.0. The zero-order valence-electron chi connectivity index (χ0n) is 13.8. The van der Waals surface area contributed by atoms with Gasteiger partial charge in [0.05, 0.1) is 6.04 Å². The van der Waals surface area contributed by atoms with Crippen molar-refractivity contribution in [2.24, 2.45) is 5.73 Å². The van der Waals surface area contributed by atoms with Gasteiger partial charge in [0.1, 0.15) is 12.6 Å². The van der Waals surface area contributed by atoms with E-state index in [9.17, 15) is 9.59 Å². The Bertz CT molecular complexity index is 760. The van der Waals surface area contributed by atoms with E-state index in [1.165, 1.54) is 6.92 Å². The SMILES string of the molecule is C[C@@H](NC(=O)OCC1c2ccccc2-c2ccccc21)[C@H](N)C(=O)O. The van der Waals surface area contributed by atoms with Crippen LogP contribution in [0.15, 0.2) is 48.5 Å². The lowest BCUT2D eigenvalue weighted by atomic mass is 9.98. The van der Waals surface area contributed by atoms with E-state index in [1.54, 1.807) is 0 Å². The van der Waals surface area contributed by atoms with Gasteiger partial charge >= 0.3 is 12.1 Å². The van der Waals surface area contributed by atoms with Gasteiger partial charge in [-0.1, -0.05) is 48.5 Å². The molecule has 6 nitrogen and oxygen atoms in total. The van der Waals surface area contributed by atoms with E-state index in [1.807, 2.05) is 36.4 Å². The fraction of sp³-hybridized carbons (Fsp3) is 0.263. The highest BCUT2D eigenvalue weighted by atomic mass is 16.5. The number of fused-ring (bicyclic) bond motifs is 3. The molecule has 0 saturated carbocycles.